The molecule has 2 unspecified atom stereocenters. The van der Waals surface area contributed by atoms with Crippen LogP contribution in [0.4, 0.5) is 27.8 Å². The van der Waals surface area contributed by atoms with Crippen molar-refractivity contribution in [2.75, 3.05) is 11.9 Å². The number of phenolic OH excluding ortho intramolecular Hbond substituents is 2. The van der Waals surface area contributed by atoms with Gasteiger partial charge in [-0.15, -0.1) is 0 Å². The van der Waals surface area contributed by atoms with Crippen molar-refractivity contribution in [3.63, 3.8) is 0 Å². The van der Waals surface area contributed by atoms with E-state index in [0.717, 1.165) is 40.5 Å². The Kier molecular flexibility index (Phi) is 25.4. The number of nitrogens with two attached hydrogens (primary N) is 1. The zero-order valence-corrected chi connectivity index (χ0v) is 58.5. The van der Waals surface area contributed by atoms with Gasteiger partial charge in [-0.2, -0.15) is 20.9 Å². The smallest absolute Gasteiger partial charge is 0.256 e. The molecule has 6 heterocycles. The minimum absolute atomic E-state index is 0.0197. The van der Waals surface area contributed by atoms with E-state index < -0.39 is 51.0 Å². The van der Waals surface area contributed by atoms with Gasteiger partial charge in [0.2, 0.25) is 0 Å². The van der Waals surface area contributed by atoms with Crippen molar-refractivity contribution in [3.8, 4) is 47.0 Å². The molecule has 0 saturated carbocycles. The lowest BCUT2D eigenvalue weighted by molar-refractivity contribution is -0.116. The van der Waals surface area contributed by atoms with Crippen LogP contribution in [0.2, 0.25) is 0 Å². The maximum atomic E-state index is 14.2. The number of ether oxygens (including phenoxy) is 3. The summed E-state index contributed by atoms with van der Waals surface area (Å²) in [6.45, 7) is 25.7. The number of nitrogens with zero attached hydrogens (tertiary/aromatic N) is 6. The lowest BCUT2D eigenvalue weighted by Gasteiger charge is -2.25. The first-order valence-corrected chi connectivity index (χ1v) is 32.4. The van der Waals surface area contributed by atoms with Gasteiger partial charge in [-0.3, -0.25) is 29.1 Å². The van der Waals surface area contributed by atoms with Crippen LogP contribution in [0.1, 0.15) is 189 Å². The Labute approximate surface area is 578 Å². The highest BCUT2D eigenvalue weighted by Gasteiger charge is 2.40. The molecule has 4 aliphatic heterocycles. The number of aromatic nitrogens is 3. The molecular weight excluding hydrogens is 1320 g/mol. The van der Waals surface area contributed by atoms with Gasteiger partial charge in [-0.05, 0) is 169 Å². The van der Waals surface area contributed by atoms with Crippen LogP contribution < -0.4 is 30.0 Å². The average molecular weight is 1400 g/mol. The van der Waals surface area contributed by atoms with Crippen molar-refractivity contribution in [1.82, 2.24) is 19.9 Å². The summed E-state index contributed by atoms with van der Waals surface area (Å²) >= 11 is 0. The predicted molar refractivity (Wildman–Crippen MR) is 366 cm³/mol. The van der Waals surface area contributed by atoms with Gasteiger partial charge < -0.3 is 35.1 Å². The van der Waals surface area contributed by atoms with Crippen molar-refractivity contribution >= 4 is 57.1 Å². The third-order valence-corrected chi connectivity index (χ3v) is 17.0. The van der Waals surface area contributed by atoms with Crippen LogP contribution in [0.15, 0.2) is 97.4 Å². The molecule has 2 aromatic heterocycles. The summed E-state index contributed by atoms with van der Waals surface area (Å²) in [5.74, 6) is -1.94. The molecular formula is C74H78F5N9O11S. The number of amides is 1. The van der Waals surface area contributed by atoms with Gasteiger partial charge in [0, 0.05) is 76.9 Å². The molecule has 100 heavy (non-hydrogen) atoms. The summed E-state index contributed by atoms with van der Waals surface area (Å²) in [7, 11) is -1.18. The van der Waals surface area contributed by atoms with E-state index in [0.29, 0.717) is 88.8 Å². The maximum Gasteiger partial charge on any atom is 0.256 e. The van der Waals surface area contributed by atoms with E-state index in [1.165, 1.54) is 82.4 Å². The second-order valence-corrected chi connectivity index (χ2v) is 28.2. The van der Waals surface area contributed by atoms with E-state index in [2.05, 4.69) is 33.4 Å². The molecule has 20 nitrogen and oxygen atoms in total. The number of hydrogen-bond donors (Lipinski definition) is 5. The van der Waals surface area contributed by atoms with Crippen molar-refractivity contribution in [3.05, 3.63) is 188 Å². The van der Waals surface area contributed by atoms with Crippen LogP contribution in [0, 0.1) is 63.1 Å². The quantitative estimate of drug-likeness (QED) is 0.0368. The molecule has 6 N–H and O–H groups in total. The number of aromatic hydroxyl groups is 2. The number of anilines is 1. The summed E-state index contributed by atoms with van der Waals surface area (Å²) in [6.07, 6.45) is 6.81. The second-order valence-electron chi connectivity index (χ2n) is 26.4. The van der Waals surface area contributed by atoms with E-state index in [9.17, 15) is 60.3 Å². The number of fused-ring (bicyclic) bond motifs is 4. The Morgan fingerprint density at radius 1 is 0.710 bits per heavy atom. The topological polar surface area (TPSA) is 322 Å². The van der Waals surface area contributed by atoms with Crippen molar-refractivity contribution in [2.24, 2.45) is 5.14 Å². The number of nitrogens with one attached hydrogen (secondary N) is 2. The molecule has 11 rings (SSSR count). The van der Waals surface area contributed by atoms with E-state index in [1.54, 1.807) is 37.5 Å². The first-order valence-electron chi connectivity index (χ1n) is 31.2. The summed E-state index contributed by atoms with van der Waals surface area (Å²) in [5.41, 5.74) is 4.64. The molecule has 0 spiro atoms. The SMILES string of the molecule is C/C(=C\C#N)c1cc(F)cc2c1OC(C)(CC#N)C2.C=C(C)Cc1cc(F)cc(C(C)=O)c1O.CC(=O)Cc1cc(F)cc(C(C)=O)c1O.CC(=O)c1cc(F)cc2c1OC(C)(CC#N)C2.CC(C)(C)[S@](N)=O.C[C@H]1Nc2ccn3ncc(c3n2)C(=O)NC[C@@]2(C)Cc3cc(F)cc1c3O2. The van der Waals surface area contributed by atoms with Gasteiger partial charge in [0.25, 0.3) is 5.91 Å². The molecule has 4 bridgehead atoms. The molecule has 0 fully saturated rings. The summed E-state index contributed by atoms with van der Waals surface area (Å²) < 4.78 is 96.8. The molecule has 526 valence electrons. The number of phenols is 2. The van der Waals surface area contributed by atoms with Crippen LogP contribution in [-0.4, -0.2) is 86.2 Å². The second kappa shape index (κ2) is 32.4. The Balaban J connectivity index is 0.000000196. The van der Waals surface area contributed by atoms with Gasteiger partial charge in [0.1, 0.15) is 91.8 Å². The Morgan fingerprint density at radius 3 is 1.62 bits per heavy atom. The number of benzene rings is 5. The largest absolute Gasteiger partial charge is 0.507 e. The van der Waals surface area contributed by atoms with Crippen molar-refractivity contribution < 1.29 is 74.6 Å². The van der Waals surface area contributed by atoms with Crippen LogP contribution >= 0.6 is 0 Å². The average Bonchev–Trinajstić information content (AvgIpc) is 1.62. The number of carbonyl (C=O) groups excluding carboxylic acids is 5. The number of halogens is 5. The lowest BCUT2D eigenvalue weighted by atomic mass is 9.95. The highest BCUT2D eigenvalue weighted by atomic mass is 32.2. The Bertz CT molecular complexity index is 4510. The first kappa shape index (κ1) is 78.4. The van der Waals surface area contributed by atoms with Crippen LogP contribution in [0.3, 0.4) is 0 Å². The molecule has 0 saturated heterocycles. The predicted octanol–water partition coefficient (Wildman–Crippen LogP) is 13.6. The van der Waals surface area contributed by atoms with Gasteiger partial charge in [0.05, 0.1) is 82.3 Å². The van der Waals surface area contributed by atoms with E-state index in [1.807, 2.05) is 53.7 Å². The number of ketones is 4. The van der Waals surface area contributed by atoms with Crippen molar-refractivity contribution in [1.29, 1.82) is 15.8 Å². The molecule has 4 aliphatic rings. The highest BCUT2D eigenvalue weighted by molar-refractivity contribution is 7.84. The van der Waals surface area contributed by atoms with Gasteiger partial charge in [0.15, 0.2) is 23.0 Å². The minimum atomic E-state index is -1.18. The molecule has 5 aromatic carbocycles. The number of Topliss-reactive ketones (excluding diaryl/α,β-unsaturated/α-hetero) is 4. The summed E-state index contributed by atoms with van der Waals surface area (Å²) in [6, 6.07) is 20.2. The monoisotopic (exact) mass is 1400 g/mol. The third kappa shape index (κ3) is 20.0. The van der Waals surface area contributed by atoms with Gasteiger partial charge >= 0.3 is 0 Å². The number of carbonyl (C=O) groups is 5. The number of rotatable bonds is 10. The minimum Gasteiger partial charge on any atom is -0.507 e. The van der Waals surface area contributed by atoms with E-state index >= 15 is 0 Å². The lowest BCUT2D eigenvalue weighted by Crippen LogP contribution is -2.44. The molecule has 26 heteroatoms. The van der Waals surface area contributed by atoms with Crippen LogP contribution in [0.25, 0.3) is 11.2 Å². The number of hydrogen-bond acceptors (Lipinski definition) is 17. The van der Waals surface area contributed by atoms with Crippen LogP contribution in [0.5, 0.6) is 28.7 Å². The molecule has 1 amide bonds. The van der Waals surface area contributed by atoms with Crippen molar-refractivity contribution in [2.45, 2.75) is 163 Å². The Hall–Kier alpha value is -10.6. The van der Waals surface area contributed by atoms with E-state index in [-0.39, 0.29) is 98.7 Å². The Morgan fingerprint density at radius 2 is 1.16 bits per heavy atom. The standard InChI is InChI=1S/C19H18FN5O2.C15H13FN2O.C13H12FNO2.C12H13FO2.C11H11FO3.C4H11NOS/c1-10-13-6-12(20)5-11-7-19(2,27-16(11)13)9-21-18(26)14-8-22-25-4-3-15(23-10)24-17(14)25;1-10(3-5-17)13-8-12(16)7-11-9-15(2,4-6-18)19-14(11)13;1-8(16)11-6-10(14)5-9-7-13(2,3-4-15)17-12(9)11;1-7(2)4-9-5-10(13)6-11(8(3)14)12(9)15;1-6(13)3-8-4-9(12)5-10(7(2)14)11(8)15;1-4(2,3)7(5)6/h3-6,8,10H,7,9H2,1-2H3,(H,21,26)(H,23,24);3,7-8H,4,9H2,1-2H3;5-6H,3,7H2,1-2H3;5-6,15H,1,4H2,2-3H3;4-5,15H,3H2,1-2H3;5H2,1-3H3/b;10-3+;;;;/t10-,19-;;;;;7-/m1....1/s1. The molecule has 7 aromatic rings. The summed E-state index contributed by atoms with van der Waals surface area (Å²) in [5, 5.41) is 61.0. The fraction of sp³-hybridized carbons (Fsp3) is 0.351. The molecule has 5 atom stereocenters. The zero-order valence-electron chi connectivity index (χ0n) is 57.7. The molecule has 0 aliphatic carbocycles. The molecule has 0 radical (unpaired) electrons. The zero-order chi connectivity index (χ0) is 74.7. The first-order chi connectivity index (χ1) is 46.6. The normalized spacial score (nSPS) is 18.3. The highest BCUT2D eigenvalue weighted by Crippen LogP contribution is 2.44. The van der Waals surface area contributed by atoms with Gasteiger partial charge in [-0.25, -0.2) is 35.7 Å². The third-order valence-electron chi connectivity index (χ3n) is 15.8. The van der Waals surface area contributed by atoms with E-state index in [4.69, 9.17) is 35.1 Å². The van der Waals surface area contributed by atoms with Gasteiger partial charge in [-0.1, -0.05) is 12.2 Å². The number of allylic oxidation sites excluding steroid dienone is 3. The fourth-order valence-electron chi connectivity index (χ4n) is 11.0. The maximum absolute atomic E-state index is 14.2. The summed E-state index contributed by atoms with van der Waals surface area (Å²) in [4.78, 5) is 61.6. The van der Waals surface area contributed by atoms with Crippen LogP contribution in [-0.2, 0) is 47.9 Å². The fourth-order valence-corrected chi connectivity index (χ4v) is 11.0. The number of nitriles is 3.